The fourth-order valence-electron chi connectivity index (χ4n) is 3.91. The largest absolute Gasteiger partial charge is 0.378 e. The summed E-state index contributed by atoms with van der Waals surface area (Å²) in [5.41, 5.74) is 0.637. The van der Waals surface area contributed by atoms with E-state index < -0.39 is 0 Å². The maximum absolute atomic E-state index is 13.8. The molecular weight excluding hydrogens is 272 g/mol. The van der Waals surface area contributed by atoms with Gasteiger partial charge in [0.05, 0.1) is 6.10 Å². The van der Waals surface area contributed by atoms with Crippen molar-refractivity contribution in [1.82, 2.24) is 5.32 Å². The van der Waals surface area contributed by atoms with Crippen LogP contribution in [0.5, 0.6) is 0 Å². The molecule has 3 rings (SSSR count). The highest BCUT2D eigenvalue weighted by atomic mass is 19.1. The van der Waals surface area contributed by atoms with Crippen LogP contribution in [0.2, 0.25) is 0 Å². The molecule has 0 saturated heterocycles. The van der Waals surface area contributed by atoms with Gasteiger partial charge in [0.25, 0.3) is 0 Å². The molecule has 2 nitrogen and oxygen atoms in total. The first-order valence-electron chi connectivity index (χ1n) is 7.89. The van der Waals surface area contributed by atoms with E-state index in [9.17, 15) is 8.78 Å². The summed E-state index contributed by atoms with van der Waals surface area (Å²) < 4.78 is 33.0. The summed E-state index contributed by atoms with van der Waals surface area (Å²) in [6.45, 7) is 4.67. The molecule has 0 amide bonds. The van der Waals surface area contributed by atoms with Crippen LogP contribution in [-0.2, 0) is 4.74 Å². The van der Waals surface area contributed by atoms with Crippen molar-refractivity contribution in [3.05, 3.63) is 35.4 Å². The normalized spacial score (nSPS) is 28.0. The molecule has 0 aliphatic heterocycles. The van der Waals surface area contributed by atoms with Gasteiger partial charge in [-0.1, -0.05) is 6.42 Å². The summed E-state index contributed by atoms with van der Waals surface area (Å²) in [5.74, 6) is -0.737. The number of rotatable bonds is 5. The predicted octanol–water partition coefficient (Wildman–Crippen LogP) is 3.96. The molecule has 3 atom stereocenters. The molecule has 1 spiro atoms. The average molecular weight is 295 g/mol. The number of benzene rings is 1. The highest BCUT2D eigenvalue weighted by Crippen LogP contribution is 2.57. The van der Waals surface area contributed by atoms with E-state index in [1.807, 2.05) is 13.8 Å². The Labute approximate surface area is 124 Å². The standard InChI is InChI=1S/C17H23F2NO/c1-3-21-16-10-15(17(16)7-4-8-17)20-11(2)13-9-12(18)5-6-14(13)19/h5-6,9,11,15-16,20H,3-4,7-8,10H2,1-2H3. The molecule has 0 heterocycles. The zero-order valence-corrected chi connectivity index (χ0v) is 12.7. The van der Waals surface area contributed by atoms with E-state index >= 15 is 0 Å². The van der Waals surface area contributed by atoms with Crippen molar-refractivity contribution in [3.63, 3.8) is 0 Å². The Balaban J connectivity index is 1.68. The summed E-state index contributed by atoms with van der Waals surface area (Å²) in [4.78, 5) is 0. The second-order valence-corrected chi connectivity index (χ2v) is 6.37. The Kier molecular flexibility index (Phi) is 4.02. The quantitative estimate of drug-likeness (QED) is 0.887. The second kappa shape index (κ2) is 5.65. The van der Waals surface area contributed by atoms with Gasteiger partial charge in [0.15, 0.2) is 0 Å². The Bertz CT molecular complexity index is 516. The van der Waals surface area contributed by atoms with Crippen LogP contribution in [0, 0.1) is 17.0 Å². The Hall–Kier alpha value is -1.00. The maximum atomic E-state index is 13.8. The van der Waals surface area contributed by atoms with Gasteiger partial charge in [-0.2, -0.15) is 0 Å². The SMILES string of the molecule is CCOC1CC(NC(C)c2cc(F)ccc2F)C12CCC2. The summed E-state index contributed by atoms with van der Waals surface area (Å²) in [6.07, 6.45) is 4.89. The molecule has 1 aromatic carbocycles. The van der Waals surface area contributed by atoms with Crippen molar-refractivity contribution in [2.24, 2.45) is 5.41 Å². The van der Waals surface area contributed by atoms with E-state index in [2.05, 4.69) is 5.32 Å². The molecule has 2 saturated carbocycles. The molecule has 2 fully saturated rings. The van der Waals surface area contributed by atoms with Crippen molar-refractivity contribution < 1.29 is 13.5 Å². The minimum Gasteiger partial charge on any atom is -0.378 e. The smallest absolute Gasteiger partial charge is 0.128 e. The van der Waals surface area contributed by atoms with Crippen molar-refractivity contribution >= 4 is 0 Å². The first kappa shape index (κ1) is 14.9. The maximum Gasteiger partial charge on any atom is 0.128 e. The predicted molar refractivity (Wildman–Crippen MR) is 78.0 cm³/mol. The van der Waals surface area contributed by atoms with Crippen LogP contribution in [0.3, 0.4) is 0 Å². The zero-order chi connectivity index (χ0) is 15.0. The van der Waals surface area contributed by atoms with Crippen LogP contribution < -0.4 is 5.32 Å². The van der Waals surface area contributed by atoms with Gasteiger partial charge >= 0.3 is 0 Å². The van der Waals surface area contributed by atoms with Gasteiger partial charge < -0.3 is 10.1 Å². The first-order chi connectivity index (χ1) is 10.1. The Morgan fingerprint density at radius 2 is 2.14 bits per heavy atom. The first-order valence-corrected chi connectivity index (χ1v) is 7.89. The van der Waals surface area contributed by atoms with E-state index in [1.165, 1.54) is 31.4 Å². The van der Waals surface area contributed by atoms with Crippen molar-refractivity contribution in [2.45, 2.75) is 57.7 Å². The zero-order valence-electron chi connectivity index (χ0n) is 12.7. The third-order valence-electron chi connectivity index (χ3n) is 5.31. The molecule has 21 heavy (non-hydrogen) atoms. The van der Waals surface area contributed by atoms with Gasteiger partial charge in [0.2, 0.25) is 0 Å². The van der Waals surface area contributed by atoms with Gasteiger partial charge in [0.1, 0.15) is 11.6 Å². The molecule has 2 aliphatic rings. The van der Waals surface area contributed by atoms with E-state index in [-0.39, 0.29) is 23.1 Å². The summed E-state index contributed by atoms with van der Waals surface area (Å²) in [5, 5.41) is 3.50. The Morgan fingerprint density at radius 1 is 1.38 bits per heavy atom. The van der Waals surface area contributed by atoms with E-state index in [0.717, 1.165) is 19.1 Å². The second-order valence-electron chi connectivity index (χ2n) is 6.37. The highest BCUT2D eigenvalue weighted by molar-refractivity contribution is 5.23. The lowest BCUT2D eigenvalue weighted by atomic mass is 9.51. The van der Waals surface area contributed by atoms with Gasteiger partial charge in [-0.3, -0.25) is 0 Å². The van der Waals surface area contributed by atoms with E-state index in [0.29, 0.717) is 17.7 Å². The molecular formula is C17H23F2NO. The van der Waals surface area contributed by atoms with E-state index in [1.54, 1.807) is 0 Å². The van der Waals surface area contributed by atoms with Crippen LogP contribution >= 0.6 is 0 Å². The fraction of sp³-hybridized carbons (Fsp3) is 0.647. The van der Waals surface area contributed by atoms with Crippen LogP contribution in [0.15, 0.2) is 18.2 Å². The van der Waals surface area contributed by atoms with Crippen molar-refractivity contribution in [2.75, 3.05) is 6.61 Å². The third kappa shape index (κ3) is 2.49. The van der Waals surface area contributed by atoms with Crippen LogP contribution in [-0.4, -0.2) is 18.8 Å². The van der Waals surface area contributed by atoms with Crippen LogP contribution in [0.4, 0.5) is 8.78 Å². The molecule has 0 bridgehead atoms. The molecule has 0 radical (unpaired) electrons. The molecule has 2 aliphatic carbocycles. The van der Waals surface area contributed by atoms with Gasteiger partial charge in [0, 0.05) is 29.7 Å². The van der Waals surface area contributed by atoms with E-state index in [4.69, 9.17) is 4.74 Å². The topological polar surface area (TPSA) is 21.3 Å². The monoisotopic (exact) mass is 295 g/mol. The lowest BCUT2D eigenvalue weighted by Gasteiger charge is -2.61. The summed E-state index contributed by atoms with van der Waals surface area (Å²) in [7, 11) is 0. The molecule has 0 aromatic heterocycles. The number of nitrogens with one attached hydrogen (secondary N) is 1. The van der Waals surface area contributed by atoms with Gasteiger partial charge in [-0.05, 0) is 51.3 Å². The van der Waals surface area contributed by atoms with Crippen LogP contribution in [0.1, 0.15) is 51.1 Å². The Morgan fingerprint density at radius 3 is 2.76 bits per heavy atom. The van der Waals surface area contributed by atoms with Gasteiger partial charge in [-0.15, -0.1) is 0 Å². The number of halogens is 2. The molecule has 4 heteroatoms. The molecule has 3 unspecified atom stereocenters. The third-order valence-corrected chi connectivity index (χ3v) is 5.31. The number of hydrogen-bond acceptors (Lipinski definition) is 2. The number of hydrogen-bond donors (Lipinski definition) is 1. The summed E-state index contributed by atoms with van der Waals surface area (Å²) in [6, 6.07) is 3.81. The fourth-order valence-corrected chi connectivity index (χ4v) is 3.91. The van der Waals surface area contributed by atoms with Crippen molar-refractivity contribution in [3.8, 4) is 0 Å². The lowest BCUT2D eigenvalue weighted by molar-refractivity contribution is -0.174. The highest BCUT2D eigenvalue weighted by Gasteiger charge is 2.58. The summed E-state index contributed by atoms with van der Waals surface area (Å²) >= 11 is 0. The minimum atomic E-state index is -0.390. The average Bonchev–Trinajstić information content (AvgIpc) is 2.38. The number of ether oxygens (including phenoxy) is 1. The lowest BCUT2D eigenvalue weighted by Crippen LogP contribution is -2.67. The molecule has 1 aromatic rings. The minimum absolute atomic E-state index is 0.189. The molecule has 116 valence electrons. The molecule has 1 N–H and O–H groups in total. The van der Waals surface area contributed by atoms with Crippen molar-refractivity contribution in [1.29, 1.82) is 0 Å². The van der Waals surface area contributed by atoms with Gasteiger partial charge in [-0.25, -0.2) is 8.78 Å². The van der Waals surface area contributed by atoms with Crippen LogP contribution in [0.25, 0.3) is 0 Å².